The van der Waals surface area contributed by atoms with Crippen molar-refractivity contribution in [2.24, 2.45) is 0 Å². The molecule has 1 atom stereocenters. The Morgan fingerprint density at radius 1 is 1.00 bits per heavy atom. The third kappa shape index (κ3) is 3.09. The average Bonchev–Trinajstić information content (AvgIpc) is 2.14. The predicted octanol–water partition coefficient (Wildman–Crippen LogP) is 3.44. The van der Waals surface area contributed by atoms with Gasteiger partial charge in [0.1, 0.15) is 5.82 Å². The maximum atomic E-state index is 12.9. The summed E-state index contributed by atoms with van der Waals surface area (Å²) in [5, 5.41) is 8.70. The zero-order valence-corrected chi connectivity index (χ0v) is 7.90. The van der Waals surface area contributed by atoms with E-state index in [0.717, 1.165) is 0 Å². The number of hydrogen-bond donors (Lipinski definition) is 1. The molecule has 0 saturated heterocycles. The van der Waals surface area contributed by atoms with E-state index in [1.807, 2.05) is 0 Å². The number of benzene rings is 1. The smallest absolute Gasteiger partial charge is 0.379 e. The van der Waals surface area contributed by atoms with Crippen LogP contribution in [0.1, 0.15) is 17.2 Å². The Hall–Kier alpha value is -1.31. The lowest BCUT2D eigenvalue weighted by molar-refractivity contribution is -0.207. The van der Waals surface area contributed by atoms with Gasteiger partial charge in [0.25, 0.3) is 0 Å². The monoisotopic (exact) mass is 262 g/mol. The second kappa shape index (κ2) is 4.17. The molecule has 0 aliphatic rings. The van der Waals surface area contributed by atoms with Crippen molar-refractivity contribution in [1.29, 1.82) is 0 Å². The van der Waals surface area contributed by atoms with E-state index in [0.29, 0.717) is 6.07 Å². The minimum Gasteiger partial charge on any atom is -0.379 e. The zero-order valence-electron chi connectivity index (χ0n) is 7.90. The molecule has 0 saturated carbocycles. The Kier molecular flexibility index (Phi) is 3.37. The Morgan fingerprint density at radius 3 is 1.94 bits per heavy atom. The van der Waals surface area contributed by atoms with Crippen LogP contribution in [0.2, 0.25) is 0 Å². The SMILES string of the molecule is O[C@@H](c1cc(C(F)(F)F)ccc1F)C(F)(F)F. The number of aliphatic hydroxyl groups is 1. The van der Waals surface area contributed by atoms with Crippen molar-refractivity contribution in [1.82, 2.24) is 0 Å². The van der Waals surface area contributed by atoms with Crippen molar-refractivity contribution in [2.75, 3.05) is 0 Å². The van der Waals surface area contributed by atoms with E-state index >= 15 is 0 Å². The van der Waals surface area contributed by atoms with Crippen molar-refractivity contribution < 1.29 is 35.8 Å². The summed E-state index contributed by atoms with van der Waals surface area (Å²) >= 11 is 0. The fraction of sp³-hybridized carbons (Fsp3) is 0.333. The third-order valence-electron chi connectivity index (χ3n) is 1.93. The van der Waals surface area contributed by atoms with Gasteiger partial charge in [0.15, 0.2) is 6.10 Å². The summed E-state index contributed by atoms with van der Waals surface area (Å²) in [5.41, 5.74) is -2.91. The number of rotatable bonds is 1. The first kappa shape index (κ1) is 13.8. The third-order valence-corrected chi connectivity index (χ3v) is 1.93. The molecule has 1 N–H and O–H groups in total. The molecule has 1 aromatic carbocycles. The maximum absolute atomic E-state index is 12.9. The van der Waals surface area contributed by atoms with Crippen molar-refractivity contribution >= 4 is 0 Å². The van der Waals surface area contributed by atoms with E-state index in [9.17, 15) is 30.7 Å². The number of hydrogen-bond acceptors (Lipinski definition) is 1. The van der Waals surface area contributed by atoms with Gasteiger partial charge in [0.05, 0.1) is 5.56 Å². The van der Waals surface area contributed by atoms with Gasteiger partial charge in [-0.05, 0) is 18.2 Å². The van der Waals surface area contributed by atoms with Gasteiger partial charge in [-0.1, -0.05) is 0 Å². The summed E-state index contributed by atoms with van der Waals surface area (Å²) < 4.78 is 85.6. The molecule has 0 aromatic heterocycles. The molecule has 96 valence electrons. The zero-order chi connectivity index (χ0) is 13.4. The number of alkyl halides is 6. The molecular formula is C9H5F7O. The second-order valence-corrected chi connectivity index (χ2v) is 3.18. The molecule has 0 radical (unpaired) electrons. The summed E-state index contributed by atoms with van der Waals surface area (Å²) in [4.78, 5) is 0. The van der Waals surface area contributed by atoms with E-state index in [2.05, 4.69) is 0 Å². The largest absolute Gasteiger partial charge is 0.418 e. The van der Waals surface area contributed by atoms with Crippen LogP contribution >= 0.6 is 0 Å². The lowest BCUT2D eigenvalue weighted by Gasteiger charge is -2.17. The van der Waals surface area contributed by atoms with Crippen LogP contribution in [0, 0.1) is 5.82 Å². The summed E-state index contributed by atoms with van der Waals surface area (Å²) in [6.07, 6.45) is -13.4. The quantitative estimate of drug-likeness (QED) is 0.768. The highest BCUT2D eigenvalue weighted by Gasteiger charge is 2.42. The number of aliphatic hydroxyl groups excluding tert-OH is 1. The maximum Gasteiger partial charge on any atom is 0.418 e. The molecule has 1 rings (SSSR count). The van der Waals surface area contributed by atoms with Gasteiger partial charge in [0, 0.05) is 5.56 Å². The molecule has 0 fully saturated rings. The lowest BCUT2D eigenvalue weighted by Crippen LogP contribution is -2.22. The Labute approximate surface area is 90.5 Å². The first-order valence-electron chi connectivity index (χ1n) is 4.15. The minimum absolute atomic E-state index is 0.0620. The van der Waals surface area contributed by atoms with E-state index in [-0.39, 0.29) is 12.1 Å². The highest BCUT2D eigenvalue weighted by molar-refractivity contribution is 5.29. The molecule has 0 aliphatic heterocycles. The Bertz CT molecular complexity index is 407. The topological polar surface area (TPSA) is 20.2 Å². The van der Waals surface area contributed by atoms with Gasteiger partial charge in [-0.25, -0.2) is 4.39 Å². The Balaban J connectivity index is 3.25. The van der Waals surface area contributed by atoms with Crippen LogP contribution in [-0.2, 0) is 6.18 Å². The summed E-state index contributed by atoms with van der Waals surface area (Å²) in [6, 6.07) is 0.461. The fourth-order valence-electron chi connectivity index (χ4n) is 1.11. The minimum atomic E-state index is -5.23. The molecule has 0 aliphatic carbocycles. The van der Waals surface area contributed by atoms with Gasteiger partial charge < -0.3 is 5.11 Å². The van der Waals surface area contributed by atoms with E-state index < -0.39 is 35.4 Å². The van der Waals surface area contributed by atoms with Crippen LogP contribution in [-0.4, -0.2) is 11.3 Å². The van der Waals surface area contributed by atoms with Crippen LogP contribution in [0.25, 0.3) is 0 Å². The highest BCUT2D eigenvalue weighted by Crippen LogP contribution is 2.37. The van der Waals surface area contributed by atoms with Gasteiger partial charge >= 0.3 is 12.4 Å². The summed E-state index contributed by atoms with van der Waals surface area (Å²) in [5.74, 6) is -1.55. The van der Waals surface area contributed by atoms with E-state index in [1.54, 1.807) is 0 Å². The van der Waals surface area contributed by atoms with Crippen LogP contribution in [0.5, 0.6) is 0 Å². The molecule has 0 amide bonds. The van der Waals surface area contributed by atoms with Crippen molar-refractivity contribution in [2.45, 2.75) is 18.5 Å². The molecule has 0 unspecified atom stereocenters. The molecule has 17 heavy (non-hydrogen) atoms. The summed E-state index contributed by atoms with van der Waals surface area (Å²) in [6.45, 7) is 0. The van der Waals surface area contributed by atoms with Crippen molar-refractivity contribution in [3.63, 3.8) is 0 Å². The first-order chi connectivity index (χ1) is 7.53. The van der Waals surface area contributed by atoms with Gasteiger partial charge in [-0.15, -0.1) is 0 Å². The summed E-state index contributed by atoms with van der Waals surface area (Å²) in [7, 11) is 0. The van der Waals surface area contributed by atoms with Gasteiger partial charge in [-0.2, -0.15) is 26.3 Å². The number of halogens is 7. The first-order valence-corrected chi connectivity index (χ1v) is 4.15. The van der Waals surface area contributed by atoms with E-state index in [1.165, 1.54) is 0 Å². The standard InChI is InChI=1S/C9H5F7O/c10-6-2-1-4(8(11,12)13)3-5(6)7(17)9(14,15)16/h1-3,7,17H/t7-/m0/s1. The van der Waals surface area contributed by atoms with Crippen LogP contribution in [0.15, 0.2) is 18.2 Å². The molecule has 8 heteroatoms. The Morgan fingerprint density at radius 2 is 1.53 bits per heavy atom. The normalized spacial score (nSPS) is 14.8. The molecular weight excluding hydrogens is 257 g/mol. The van der Waals surface area contributed by atoms with Gasteiger partial charge in [0.2, 0.25) is 0 Å². The molecule has 1 aromatic rings. The highest BCUT2D eigenvalue weighted by atomic mass is 19.4. The molecule has 0 spiro atoms. The molecule has 0 bridgehead atoms. The van der Waals surface area contributed by atoms with Crippen LogP contribution in [0.4, 0.5) is 30.7 Å². The molecule has 0 heterocycles. The lowest BCUT2D eigenvalue weighted by atomic mass is 10.0. The average molecular weight is 262 g/mol. The van der Waals surface area contributed by atoms with Gasteiger partial charge in [-0.3, -0.25) is 0 Å². The van der Waals surface area contributed by atoms with Crippen molar-refractivity contribution in [3.05, 3.63) is 35.1 Å². The van der Waals surface area contributed by atoms with Crippen LogP contribution in [0.3, 0.4) is 0 Å². The predicted molar refractivity (Wildman–Crippen MR) is 42.4 cm³/mol. The van der Waals surface area contributed by atoms with Crippen molar-refractivity contribution in [3.8, 4) is 0 Å². The fourth-order valence-corrected chi connectivity index (χ4v) is 1.11. The van der Waals surface area contributed by atoms with E-state index in [4.69, 9.17) is 5.11 Å². The van der Waals surface area contributed by atoms with Crippen LogP contribution < -0.4 is 0 Å². The molecule has 1 nitrogen and oxygen atoms in total. The second-order valence-electron chi connectivity index (χ2n) is 3.18.